The standard InChI is InChI=1S/C19H20ClN5O3S/c1-27-14-6-3-12(4-7-14)9-17-23-24-19(25(17)21)29-11-18(26)22-15-10-13(20)5-8-16(15)28-2/h3-8,10H,9,11,21H2,1-2H3,(H,22,26). The van der Waals surface area contributed by atoms with E-state index in [1.54, 1.807) is 25.3 Å². The minimum Gasteiger partial charge on any atom is -0.497 e. The van der Waals surface area contributed by atoms with E-state index in [4.69, 9.17) is 26.9 Å². The molecule has 29 heavy (non-hydrogen) atoms. The number of ether oxygens (including phenoxy) is 2. The summed E-state index contributed by atoms with van der Waals surface area (Å²) in [4.78, 5) is 12.3. The largest absolute Gasteiger partial charge is 0.497 e. The summed E-state index contributed by atoms with van der Waals surface area (Å²) >= 11 is 7.17. The molecular formula is C19H20ClN5O3S. The van der Waals surface area contributed by atoms with Crippen LogP contribution in [0.2, 0.25) is 5.02 Å². The van der Waals surface area contributed by atoms with Crippen molar-refractivity contribution in [2.24, 2.45) is 0 Å². The summed E-state index contributed by atoms with van der Waals surface area (Å²) in [6, 6.07) is 12.6. The number of thioether (sulfide) groups is 1. The van der Waals surface area contributed by atoms with Crippen LogP contribution >= 0.6 is 23.4 Å². The van der Waals surface area contributed by atoms with Gasteiger partial charge in [-0.3, -0.25) is 4.79 Å². The number of rotatable bonds is 8. The van der Waals surface area contributed by atoms with Crippen LogP contribution in [0.15, 0.2) is 47.6 Å². The van der Waals surface area contributed by atoms with Crippen LogP contribution in [-0.2, 0) is 11.2 Å². The predicted octanol–water partition coefficient (Wildman–Crippen LogP) is 2.98. The van der Waals surface area contributed by atoms with Gasteiger partial charge in [0, 0.05) is 11.4 Å². The molecule has 0 aliphatic rings. The van der Waals surface area contributed by atoms with Crippen molar-refractivity contribution >= 4 is 35.0 Å². The fourth-order valence-corrected chi connectivity index (χ4v) is 3.39. The van der Waals surface area contributed by atoms with Crippen molar-refractivity contribution in [2.45, 2.75) is 11.6 Å². The molecule has 0 bridgehead atoms. The number of benzene rings is 2. The van der Waals surface area contributed by atoms with E-state index in [0.717, 1.165) is 11.3 Å². The van der Waals surface area contributed by atoms with E-state index >= 15 is 0 Å². The van der Waals surface area contributed by atoms with Gasteiger partial charge in [-0.25, -0.2) is 4.68 Å². The zero-order chi connectivity index (χ0) is 20.8. The minimum atomic E-state index is -0.240. The molecule has 1 heterocycles. The summed E-state index contributed by atoms with van der Waals surface area (Å²) in [5, 5.41) is 11.9. The average Bonchev–Trinajstić information content (AvgIpc) is 3.06. The zero-order valence-corrected chi connectivity index (χ0v) is 17.5. The zero-order valence-electron chi connectivity index (χ0n) is 15.9. The molecule has 3 rings (SSSR count). The molecule has 3 aromatic rings. The topological polar surface area (TPSA) is 104 Å². The first-order valence-electron chi connectivity index (χ1n) is 8.58. The van der Waals surface area contributed by atoms with Gasteiger partial charge in [-0.05, 0) is 35.9 Å². The number of aromatic nitrogens is 3. The molecule has 8 nitrogen and oxygen atoms in total. The van der Waals surface area contributed by atoms with Crippen molar-refractivity contribution in [3.63, 3.8) is 0 Å². The van der Waals surface area contributed by atoms with Crippen LogP contribution in [0.25, 0.3) is 0 Å². The molecule has 10 heteroatoms. The Kier molecular flexibility index (Phi) is 6.84. The van der Waals surface area contributed by atoms with Gasteiger partial charge < -0.3 is 20.6 Å². The number of hydrogen-bond donors (Lipinski definition) is 2. The van der Waals surface area contributed by atoms with Crippen LogP contribution in [0.4, 0.5) is 5.69 Å². The van der Waals surface area contributed by atoms with Crippen LogP contribution in [0.3, 0.4) is 0 Å². The first kappa shape index (κ1) is 20.8. The van der Waals surface area contributed by atoms with Crippen molar-refractivity contribution in [3.05, 3.63) is 58.9 Å². The summed E-state index contributed by atoms with van der Waals surface area (Å²) in [6.07, 6.45) is 0.514. The lowest BCUT2D eigenvalue weighted by molar-refractivity contribution is -0.113. The van der Waals surface area contributed by atoms with Crippen molar-refractivity contribution < 1.29 is 14.3 Å². The lowest BCUT2D eigenvalue weighted by atomic mass is 10.1. The summed E-state index contributed by atoms with van der Waals surface area (Å²) in [5.41, 5.74) is 1.52. The lowest BCUT2D eigenvalue weighted by Gasteiger charge is -2.10. The quantitative estimate of drug-likeness (QED) is 0.415. The smallest absolute Gasteiger partial charge is 0.234 e. The highest BCUT2D eigenvalue weighted by Crippen LogP contribution is 2.28. The number of nitrogens with zero attached hydrogens (tertiary/aromatic N) is 3. The Morgan fingerprint density at radius 2 is 1.93 bits per heavy atom. The van der Waals surface area contributed by atoms with Gasteiger partial charge in [0.2, 0.25) is 11.1 Å². The Labute approximate surface area is 177 Å². The number of nitrogens with one attached hydrogen (secondary N) is 1. The first-order chi connectivity index (χ1) is 14.0. The summed E-state index contributed by atoms with van der Waals surface area (Å²) in [6.45, 7) is 0. The Balaban J connectivity index is 1.60. The van der Waals surface area contributed by atoms with Gasteiger partial charge in [-0.15, -0.1) is 10.2 Å². The average molecular weight is 434 g/mol. The number of carbonyl (C=O) groups is 1. The summed E-state index contributed by atoms with van der Waals surface area (Å²) < 4.78 is 11.8. The number of hydrogen-bond acceptors (Lipinski definition) is 7. The molecule has 0 fully saturated rings. The van der Waals surface area contributed by atoms with Gasteiger partial charge in [0.05, 0.1) is 25.7 Å². The molecule has 2 aromatic carbocycles. The maximum Gasteiger partial charge on any atom is 0.234 e. The Morgan fingerprint density at radius 1 is 1.17 bits per heavy atom. The molecule has 1 amide bonds. The third-order valence-electron chi connectivity index (χ3n) is 4.02. The van der Waals surface area contributed by atoms with E-state index in [1.165, 1.54) is 23.5 Å². The number of halogens is 1. The van der Waals surface area contributed by atoms with Crippen molar-refractivity contribution in [3.8, 4) is 11.5 Å². The SMILES string of the molecule is COc1ccc(Cc2nnc(SCC(=O)Nc3cc(Cl)ccc3OC)n2N)cc1. The van der Waals surface area contributed by atoms with E-state index in [2.05, 4.69) is 15.5 Å². The van der Waals surface area contributed by atoms with Crippen LogP contribution < -0.4 is 20.6 Å². The van der Waals surface area contributed by atoms with Crippen molar-refractivity contribution in [2.75, 3.05) is 31.1 Å². The number of amides is 1. The molecule has 0 aliphatic heterocycles. The van der Waals surface area contributed by atoms with E-state index in [9.17, 15) is 4.79 Å². The van der Waals surface area contributed by atoms with Crippen LogP contribution in [0.5, 0.6) is 11.5 Å². The maximum absolute atomic E-state index is 12.3. The fraction of sp³-hybridized carbons (Fsp3) is 0.211. The van der Waals surface area contributed by atoms with Gasteiger partial charge in [0.1, 0.15) is 11.5 Å². The highest BCUT2D eigenvalue weighted by atomic mass is 35.5. The second kappa shape index (κ2) is 9.53. The second-order valence-corrected chi connectivity index (χ2v) is 7.35. The van der Waals surface area contributed by atoms with Crippen LogP contribution in [0.1, 0.15) is 11.4 Å². The summed E-state index contributed by atoms with van der Waals surface area (Å²) in [5.74, 6) is 7.85. The Morgan fingerprint density at radius 3 is 2.62 bits per heavy atom. The normalized spacial score (nSPS) is 10.6. The van der Waals surface area contributed by atoms with Crippen molar-refractivity contribution in [1.82, 2.24) is 14.9 Å². The minimum absolute atomic E-state index is 0.105. The molecule has 0 spiro atoms. The van der Waals surface area contributed by atoms with Crippen molar-refractivity contribution in [1.29, 1.82) is 0 Å². The number of anilines is 1. The third-order valence-corrected chi connectivity index (χ3v) is 5.20. The monoisotopic (exact) mass is 433 g/mol. The fourth-order valence-electron chi connectivity index (χ4n) is 2.55. The highest BCUT2D eigenvalue weighted by Gasteiger charge is 2.14. The van der Waals surface area contributed by atoms with E-state index in [1.807, 2.05) is 24.3 Å². The number of carbonyl (C=O) groups excluding carboxylic acids is 1. The van der Waals surface area contributed by atoms with Gasteiger partial charge in [-0.2, -0.15) is 0 Å². The molecule has 0 aliphatic carbocycles. The third kappa shape index (κ3) is 5.33. The Bertz CT molecular complexity index is 994. The van der Waals surface area contributed by atoms with Gasteiger partial charge in [0.25, 0.3) is 0 Å². The highest BCUT2D eigenvalue weighted by molar-refractivity contribution is 7.99. The molecule has 1 aromatic heterocycles. The molecule has 0 radical (unpaired) electrons. The predicted molar refractivity (Wildman–Crippen MR) is 113 cm³/mol. The molecule has 3 N–H and O–H groups in total. The van der Waals surface area contributed by atoms with Gasteiger partial charge >= 0.3 is 0 Å². The molecule has 0 unspecified atom stereocenters. The number of methoxy groups -OCH3 is 2. The van der Waals surface area contributed by atoms with E-state index in [-0.39, 0.29) is 11.7 Å². The van der Waals surface area contributed by atoms with E-state index < -0.39 is 0 Å². The molecule has 0 saturated heterocycles. The second-order valence-electron chi connectivity index (χ2n) is 5.98. The van der Waals surface area contributed by atoms with E-state index in [0.29, 0.717) is 33.9 Å². The lowest BCUT2D eigenvalue weighted by Crippen LogP contribution is -2.17. The molecule has 152 valence electrons. The molecule has 0 atom stereocenters. The molecule has 0 saturated carbocycles. The van der Waals surface area contributed by atoms with Crippen LogP contribution in [-0.4, -0.2) is 40.8 Å². The van der Waals surface area contributed by atoms with Crippen LogP contribution in [0, 0.1) is 0 Å². The van der Waals surface area contributed by atoms with Gasteiger partial charge in [0.15, 0.2) is 5.82 Å². The Hall–Kier alpha value is -2.91. The summed E-state index contributed by atoms with van der Waals surface area (Å²) in [7, 11) is 3.14. The number of nitrogen functional groups attached to an aromatic ring is 1. The molecular weight excluding hydrogens is 414 g/mol. The van der Waals surface area contributed by atoms with Gasteiger partial charge in [-0.1, -0.05) is 35.5 Å². The first-order valence-corrected chi connectivity index (χ1v) is 9.95. The maximum atomic E-state index is 12.3. The number of nitrogens with two attached hydrogens (primary N) is 1.